The van der Waals surface area contributed by atoms with Crippen LogP contribution in [0.3, 0.4) is 0 Å². The Morgan fingerprint density at radius 1 is 1.14 bits per heavy atom. The summed E-state index contributed by atoms with van der Waals surface area (Å²) in [6.45, 7) is 3.83. The molecule has 1 rings (SSSR count). The fraction of sp³-hybridized carbons (Fsp3) is 1.00. The Bertz CT molecular complexity index is 27.2. The van der Waals surface area contributed by atoms with Crippen molar-refractivity contribution < 1.29 is 25.2 Å². The average molecular weight is 194 g/mol. The van der Waals surface area contributed by atoms with Crippen molar-refractivity contribution in [2.45, 2.75) is 0 Å². The fourth-order valence-electron chi connectivity index (χ4n) is 0.516. The minimum absolute atomic E-state index is 0. The SMILES string of the molecule is C1COCCN1.[Pd]. The van der Waals surface area contributed by atoms with Gasteiger partial charge in [0.25, 0.3) is 0 Å². The monoisotopic (exact) mass is 193 g/mol. The Balaban J connectivity index is 0.000000360. The van der Waals surface area contributed by atoms with E-state index >= 15 is 0 Å². The third-order valence-electron chi connectivity index (χ3n) is 0.846. The number of morpholine rings is 1. The van der Waals surface area contributed by atoms with Crippen LogP contribution < -0.4 is 5.32 Å². The van der Waals surface area contributed by atoms with Crippen LogP contribution in [0.15, 0.2) is 0 Å². The molecule has 7 heavy (non-hydrogen) atoms. The summed E-state index contributed by atoms with van der Waals surface area (Å²) in [5.41, 5.74) is 0. The molecular formula is C4H9NOPd. The summed E-state index contributed by atoms with van der Waals surface area (Å²) in [6, 6.07) is 0. The Kier molecular flexibility index (Phi) is 5.13. The molecule has 1 fully saturated rings. The molecule has 3 heteroatoms. The van der Waals surface area contributed by atoms with Gasteiger partial charge in [0.1, 0.15) is 0 Å². The molecule has 1 N–H and O–H groups in total. The molecule has 0 aromatic rings. The van der Waals surface area contributed by atoms with E-state index in [1.165, 1.54) is 0 Å². The molecule has 0 unspecified atom stereocenters. The first-order chi connectivity index (χ1) is 3.00. The van der Waals surface area contributed by atoms with Crippen LogP contribution in [0.1, 0.15) is 0 Å². The van der Waals surface area contributed by atoms with Crippen LogP contribution in [0.5, 0.6) is 0 Å². The maximum absolute atomic E-state index is 5.01. The number of hydrogen-bond donors (Lipinski definition) is 1. The van der Waals surface area contributed by atoms with E-state index in [9.17, 15) is 0 Å². The van der Waals surface area contributed by atoms with Gasteiger partial charge in [-0.05, 0) is 0 Å². The standard InChI is InChI=1S/C4H9NO.Pd/c1-3-6-4-2-5-1;/h5H,1-4H2;. The molecule has 0 atom stereocenters. The molecule has 1 aliphatic rings. The van der Waals surface area contributed by atoms with Crippen LogP contribution in [0, 0.1) is 0 Å². The summed E-state index contributed by atoms with van der Waals surface area (Å²) in [6.07, 6.45) is 0. The summed E-state index contributed by atoms with van der Waals surface area (Å²) in [7, 11) is 0. The Morgan fingerprint density at radius 3 is 1.86 bits per heavy atom. The Hall–Kier alpha value is 0.582. The van der Waals surface area contributed by atoms with Gasteiger partial charge in [-0.2, -0.15) is 0 Å². The molecule has 1 heterocycles. The Labute approximate surface area is 57.3 Å². The molecule has 0 aromatic heterocycles. The first-order valence-corrected chi connectivity index (χ1v) is 2.28. The molecular weight excluding hydrogens is 184 g/mol. The maximum Gasteiger partial charge on any atom is 0.0591 e. The normalized spacial score (nSPS) is 20.6. The number of rotatable bonds is 0. The average Bonchev–Trinajstić information content (AvgIpc) is 1.72. The van der Waals surface area contributed by atoms with E-state index in [1.54, 1.807) is 0 Å². The van der Waals surface area contributed by atoms with Crippen molar-refractivity contribution in [3.8, 4) is 0 Å². The maximum atomic E-state index is 5.01. The molecule has 2 nitrogen and oxygen atoms in total. The van der Waals surface area contributed by atoms with Crippen LogP contribution in [0.4, 0.5) is 0 Å². The van der Waals surface area contributed by atoms with Gasteiger partial charge in [0, 0.05) is 33.5 Å². The predicted octanol–water partition coefficient (Wildman–Crippen LogP) is -0.396. The first-order valence-electron chi connectivity index (χ1n) is 2.28. The second-order valence-corrected chi connectivity index (χ2v) is 1.36. The van der Waals surface area contributed by atoms with E-state index in [2.05, 4.69) is 5.32 Å². The zero-order chi connectivity index (χ0) is 4.24. The topological polar surface area (TPSA) is 21.3 Å². The van der Waals surface area contributed by atoms with Gasteiger partial charge in [-0.1, -0.05) is 0 Å². The van der Waals surface area contributed by atoms with Gasteiger partial charge >= 0.3 is 0 Å². The van der Waals surface area contributed by atoms with Crippen LogP contribution in [0.25, 0.3) is 0 Å². The van der Waals surface area contributed by atoms with Gasteiger partial charge in [0.2, 0.25) is 0 Å². The smallest absolute Gasteiger partial charge is 0.0591 e. The van der Waals surface area contributed by atoms with Crippen LogP contribution >= 0.6 is 0 Å². The van der Waals surface area contributed by atoms with Gasteiger partial charge < -0.3 is 10.1 Å². The van der Waals surface area contributed by atoms with Gasteiger partial charge in [-0.3, -0.25) is 0 Å². The van der Waals surface area contributed by atoms with E-state index in [0.717, 1.165) is 26.3 Å². The molecule has 0 bridgehead atoms. The number of hydrogen-bond acceptors (Lipinski definition) is 2. The van der Waals surface area contributed by atoms with E-state index in [1.807, 2.05) is 0 Å². The van der Waals surface area contributed by atoms with Crippen molar-refractivity contribution in [2.75, 3.05) is 26.3 Å². The van der Waals surface area contributed by atoms with Gasteiger partial charge in [0.15, 0.2) is 0 Å². The van der Waals surface area contributed by atoms with Crippen molar-refractivity contribution >= 4 is 0 Å². The van der Waals surface area contributed by atoms with Crippen LogP contribution in [0.2, 0.25) is 0 Å². The number of nitrogens with one attached hydrogen (secondary N) is 1. The van der Waals surface area contributed by atoms with Crippen molar-refractivity contribution in [1.82, 2.24) is 5.32 Å². The fourth-order valence-corrected chi connectivity index (χ4v) is 0.516. The van der Waals surface area contributed by atoms with Crippen LogP contribution in [-0.4, -0.2) is 26.3 Å². The predicted molar refractivity (Wildman–Crippen MR) is 23.7 cm³/mol. The molecule has 46 valence electrons. The van der Waals surface area contributed by atoms with Crippen molar-refractivity contribution in [3.63, 3.8) is 0 Å². The van der Waals surface area contributed by atoms with Crippen LogP contribution in [-0.2, 0) is 25.2 Å². The summed E-state index contributed by atoms with van der Waals surface area (Å²) >= 11 is 0. The van der Waals surface area contributed by atoms with Gasteiger partial charge in [0.05, 0.1) is 13.2 Å². The zero-order valence-electron chi connectivity index (χ0n) is 4.05. The van der Waals surface area contributed by atoms with Crippen molar-refractivity contribution in [1.29, 1.82) is 0 Å². The third-order valence-corrected chi connectivity index (χ3v) is 0.846. The minimum atomic E-state index is 0. The minimum Gasteiger partial charge on any atom is -0.379 e. The second-order valence-electron chi connectivity index (χ2n) is 1.36. The zero-order valence-corrected chi connectivity index (χ0v) is 5.61. The largest absolute Gasteiger partial charge is 0.379 e. The molecule has 0 radical (unpaired) electrons. The molecule has 1 aliphatic heterocycles. The first kappa shape index (κ1) is 7.58. The van der Waals surface area contributed by atoms with E-state index in [4.69, 9.17) is 4.74 Å². The second kappa shape index (κ2) is 4.73. The quantitative estimate of drug-likeness (QED) is 0.529. The molecule has 0 spiro atoms. The van der Waals surface area contributed by atoms with E-state index in [-0.39, 0.29) is 20.4 Å². The summed E-state index contributed by atoms with van der Waals surface area (Å²) < 4.78 is 5.01. The van der Waals surface area contributed by atoms with Crippen molar-refractivity contribution in [2.24, 2.45) is 0 Å². The number of ether oxygens (including phenoxy) is 1. The molecule has 0 aliphatic carbocycles. The van der Waals surface area contributed by atoms with Gasteiger partial charge in [-0.25, -0.2) is 0 Å². The van der Waals surface area contributed by atoms with Crippen molar-refractivity contribution in [3.05, 3.63) is 0 Å². The van der Waals surface area contributed by atoms with E-state index < -0.39 is 0 Å². The molecule has 0 amide bonds. The van der Waals surface area contributed by atoms with Gasteiger partial charge in [-0.15, -0.1) is 0 Å². The summed E-state index contributed by atoms with van der Waals surface area (Å²) in [5, 5.41) is 3.16. The summed E-state index contributed by atoms with van der Waals surface area (Å²) in [5.74, 6) is 0. The Morgan fingerprint density at radius 2 is 1.71 bits per heavy atom. The van der Waals surface area contributed by atoms with E-state index in [0.29, 0.717) is 0 Å². The third kappa shape index (κ3) is 3.19. The molecule has 0 aromatic carbocycles. The molecule has 1 saturated heterocycles. The summed E-state index contributed by atoms with van der Waals surface area (Å²) in [4.78, 5) is 0. The molecule has 0 saturated carbocycles.